The van der Waals surface area contributed by atoms with Gasteiger partial charge in [-0.15, -0.1) is 0 Å². The summed E-state index contributed by atoms with van der Waals surface area (Å²) in [5, 5.41) is 2.31. The molecule has 0 atom stereocenters. The Morgan fingerprint density at radius 3 is 2.71 bits per heavy atom. The first-order valence-electron chi connectivity index (χ1n) is 9.51. The normalized spacial score (nSPS) is 14.8. The number of ether oxygens (including phenoxy) is 2. The van der Waals surface area contributed by atoms with E-state index in [1.165, 1.54) is 12.5 Å². The minimum absolute atomic E-state index is 0.0428. The second kappa shape index (κ2) is 8.25. The Morgan fingerprint density at radius 2 is 1.89 bits per heavy atom. The number of hydrogen-bond donors (Lipinski definition) is 0. The molecule has 6 nitrogen and oxygen atoms in total. The molecule has 1 fully saturated rings. The molecule has 3 aromatic rings. The van der Waals surface area contributed by atoms with Gasteiger partial charge < -0.3 is 14.4 Å². The monoisotopic (exact) mass is 377 g/mol. The summed E-state index contributed by atoms with van der Waals surface area (Å²) in [6.45, 7) is 1.38. The summed E-state index contributed by atoms with van der Waals surface area (Å²) in [4.78, 5) is 22.9. The Balaban J connectivity index is 1.35. The maximum absolute atomic E-state index is 12.8. The molecule has 0 radical (unpaired) electrons. The van der Waals surface area contributed by atoms with Gasteiger partial charge in [0.15, 0.2) is 0 Å². The van der Waals surface area contributed by atoms with Crippen molar-refractivity contribution in [1.29, 1.82) is 0 Å². The van der Waals surface area contributed by atoms with Crippen LogP contribution in [0, 0.1) is 0 Å². The summed E-state index contributed by atoms with van der Waals surface area (Å²) < 4.78 is 11.0. The Kier molecular flexibility index (Phi) is 5.37. The quantitative estimate of drug-likeness (QED) is 0.683. The molecule has 0 spiro atoms. The van der Waals surface area contributed by atoms with Crippen LogP contribution in [0.25, 0.3) is 10.8 Å². The summed E-state index contributed by atoms with van der Waals surface area (Å²) in [6.07, 6.45) is 3.66. The smallest absolute Gasteiger partial charge is 0.319 e. The van der Waals surface area contributed by atoms with Crippen molar-refractivity contribution in [1.82, 2.24) is 14.9 Å². The molecule has 4 rings (SSSR count). The summed E-state index contributed by atoms with van der Waals surface area (Å²) in [5.74, 6) is 0.672. The predicted molar refractivity (Wildman–Crippen MR) is 106 cm³/mol. The second-order valence-electron chi connectivity index (χ2n) is 6.89. The first-order chi connectivity index (χ1) is 13.7. The number of hydrogen-bond acceptors (Lipinski definition) is 5. The Bertz CT molecular complexity index is 963. The maximum Gasteiger partial charge on any atom is 0.319 e. The van der Waals surface area contributed by atoms with Gasteiger partial charge in [0.1, 0.15) is 6.10 Å². The highest BCUT2D eigenvalue weighted by molar-refractivity contribution is 5.90. The van der Waals surface area contributed by atoms with E-state index in [4.69, 9.17) is 9.47 Å². The van der Waals surface area contributed by atoms with Crippen LogP contribution < -0.4 is 9.47 Å². The van der Waals surface area contributed by atoms with Gasteiger partial charge >= 0.3 is 6.01 Å². The summed E-state index contributed by atoms with van der Waals surface area (Å²) >= 11 is 0. The number of benzene rings is 2. The van der Waals surface area contributed by atoms with Gasteiger partial charge in [-0.1, -0.05) is 42.5 Å². The zero-order valence-electron chi connectivity index (χ0n) is 15.9. The first kappa shape index (κ1) is 18.2. The fourth-order valence-corrected chi connectivity index (χ4v) is 3.60. The highest BCUT2D eigenvalue weighted by Crippen LogP contribution is 2.22. The molecule has 144 valence electrons. The topological polar surface area (TPSA) is 64.6 Å². The fourth-order valence-electron chi connectivity index (χ4n) is 3.60. The lowest BCUT2D eigenvalue weighted by Gasteiger charge is -2.32. The van der Waals surface area contributed by atoms with Gasteiger partial charge in [0, 0.05) is 38.2 Å². The van der Waals surface area contributed by atoms with E-state index >= 15 is 0 Å². The van der Waals surface area contributed by atoms with E-state index in [0.29, 0.717) is 31.4 Å². The molecule has 0 bridgehead atoms. The van der Waals surface area contributed by atoms with Gasteiger partial charge in [-0.3, -0.25) is 4.79 Å². The number of nitrogens with zero attached hydrogens (tertiary/aromatic N) is 3. The number of methoxy groups -OCH3 is 1. The number of aromatic nitrogens is 2. The molecule has 2 aromatic carbocycles. The third-order valence-corrected chi connectivity index (χ3v) is 5.09. The second-order valence-corrected chi connectivity index (χ2v) is 6.89. The summed E-state index contributed by atoms with van der Waals surface area (Å²) in [7, 11) is 1.53. The van der Waals surface area contributed by atoms with E-state index in [9.17, 15) is 4.79 Å². The van der Waals surface area contributed by atoms with Crippen molar-refractivity contribution < 1.29 is 14.3 Å². The molecule has 1 amide bonds. The van der Waals surface area contributed by atoms with Crippen LogP contribution in [0.4, 0.5) is 0 Å². The van der Waals surface area contributed by atoms with E-state index in [-0.39, 0.29) is 12.0 Å². The van der Waals surface area contributed by atoms with E-state index in [2.05, 4.69) is 28.2 Å². The Labute approximate surface area is 164 Å². The van der Waals surface area contributed by atoms with Gasteiger partial charge in [0.05, 0.1) is 13.5 Å². The first-order valence-corrected chi connectivity index (χ1v) is 9.51. The zero-order chi connectivity index (χ0) is 19.3. The summed E-state index contributed by atoms with van der Waals surface area (Å²) in [6, 6.07) is 16.3. The number of piperidine rings is 1. The molecular weight excluding hydrogens is 354 g/mol. The van der Waals surface area contributed by atoms with Crippen LogP contribution in [0.15, 0.2) is 54.7 Å². The number of fused-ring (bicyclic) bond motifs is 1. The van der Waals surface area contributed by atoms with Crippen molar-refractivity contribution in [2.75, 3.05) is 20.2 Å². The molecule has 0 aliphatic carbocycles. The van der Waals surface area contributed by atoms with Crippen LogP contribution >= 0.6 is 0 Å². The van der Waals surface area contributed by atoms with Crippen molar-refractivity contribution in [2.24, 2.45) is 0 Å². The maximum atomic E-state index is 12.8. The van der Waals surface area contributed by atoms with Crippen LogP contribution in [0.1, 0.15) is 18.4 Å². The lowest BCUT2D eigenvalue weighted by molar-refractivity contribution is -0.132. The lowest BCUT2D eigenvalue weighted by atomic mass is 10.0. The molecule has 2 heterocycles. The van der Waals surface area contributed by atoms with E-state index in [0.717, 1.165) is 23.8 Å². The Morgan fingerprint density at radius 1 is 1.11 bits per heavy atom. The molecule has 1 aliphatic rings. The van der Waals surface area contributed by atoms with E-state index < -0.39 is 0 Å². The van der Waals surface area contributed by atoms with Gasteiger partial charge in [-0.05, 0) is 16.3 Å². The molecule has 1 aliphatic heterocycles. The number of rotatable bonds is 5. The highest BCUT2D eigenvalue weighted by atomic mass is 16.5. The van der Waals surface area contributed by atoms with Crippen molar-refractivity contribution in [3.05, 3.63) is 60.3 Å². The van der Waals surface area contributed by atoms with Crippen molar-refractivity contribution in [3.63, 3.8) is 0 Å². The Hall–Kier alpha value is -3.15. The molecule has 0 unspecified atom stereocenters. The van der Waals surface area contributed by atoms with Gasteiger partial charge in [-0.25, -0.2) is 4.98 Å². The van der Waals surface area contributed by atoms with Gasteiger partial charge in [-0.2, -0.15) is 4.98 Å². The molecule has 6 heteroatoms. The molecule has 1 aromatic heterocycles. The van der Waals surface area contributed by atoms with Crippen LogP contribution in [-0.2, 0) is 11.2 Å². The van der Waals surface area contributed by atoms with Crippen LogP contribution in [0.3, 0.4) is 0 Å². The summed E-state index contributed by atoms with van der Waals surface area (Å²) in [5.41, 5.74) is 1.08. The number of carbonyl (C=O) groups is 1. The molecular formula is C22H23N3O3. The lowest BCUT2D eigenvalue weighted by Crippen LogP contribution is -2.42. The average molecular weight is 377 g/mol. The van der Waals surface area contributed by atoms with Crippen molar-refractivity contribution in [2.45, 2.75) is 25.4 Å². The third kappa shape index (κ3) is 4.06. The van der Waals surface area contributed by atoms with Gasteiger partial charge in [0.25, 0.3) is 0 Å². The SMILES string of the molecule is COc1nccc(OC2CCN(C(=O)Cc3cccc4ccccc34)CC2)n1. The van der Waals surface area contributed by atoms with Crippen LogP contribution in [-0.4, -0.2) is 47.1 Å². The molecule has 0 saturated carbocycles. The highest BCUT2D eigenvalue weighted by Gasteiger charge is 2.24. The van der Waals surface area contributed by atoms with Gasteiger partial charge in [0.2, 0.25) is 11.8 Å². The number of carbonyl (C=O) groups excluding carboxylic acids is 1. The fraction of sp³-hybridized carbons (Fsp3) is 0.318. The molecule has 28 heavy (non-hydrogen) atoms. The minimum atomic E-state index is 0.0428. The zero-order valence-corrected chi connectivity index (χ0v) is 15.9. The third-order valence-electron chi connectivity index (χ3n) is 5.09. The van der Waals surface area contributed by atoms with Crippen molar-refractivity contribution in [3.8, 4) is 11.9 Å². The predicted octanol–water partition coefficient (Wildman–Crippen LogP) is 3.25. The van der Waals surface area contributed by atoms with Crippen molar-refractivity contribution >= 4 is 16.7 Å². The largest absolute Gasteiger partial charge is 0.474 e. The van der Waals surface area contributed by atoms with E-state index in [1.807, 2.05) is 29.2 Å². The van der Waals surface area contributed by atoms with Crippen LogP contribution in [0.5, 0.6) is 11.9 Å². The standard InChI is InChI=1S/C22H23N3O3/c1-27-22-23-12-9-20(24-22)28-18-10-13-25(14-11-18)21(26)15-17-7-4-6-16-5-2-3-8-19(16)17/h2-9,12,18H,10-11,13-15H2,1H3. The number of likely N-dealkylation sites (tertiary alicyclic amines) is 1. The van der Waals surface area contributed by atoms with Crippen LogP contribution in [0.2, 0.25) is 0 Å². The minimum Gasteiger partial charge on any atom is -0.474 e. The number of amides is 1. The molecule has 1 saturated heterocycles. The molecule has 0 N–H and O–H groups in total. The average Bonchev–Trinajstić information content (AvgIpc) is 2.74. The van der Waals surface area contributed by atoms with E-state index in [1.54, 1.807) is 12.3 Å².